The average molecular weight is 263 g/mol. The summed E-state index contributed by atoms with van der Waals surface area (Å²) >= 11 is 0. The highest BCUT2D eigenvalue weighted by Gasteiger charge is 2.17. The zero-order valence-corrected chi connectivity index (χ0v) is 12.2. The maximum absolute atomic E-state index is 5.67. The quantitative estimate of drug-likeness (QED) is 0.851. The maximum atomic E-state index is 5.67. The fraction of sp³-hybridized carbons (Fsp3) is 0.625. The van der Waals surface area contributed by atoms with Crippen LogP contribution in [-0.4, -0.2) is 19.8 Å². The lowest BCUT2D eigenvalue weighted by atomic mass is 9.96. The molecule has 19 heavy (non-hydrogen) atoms. The van der Waals surface area contributed by atoms with Gasteiger partial charge in [0.15, 0.2) is 11.5 Å². The Balaban J connectivity index is 2.15. The fourth-order valence-electron chi connectivity index (χ4n) is 2.40. The van der Waals surface area contributed by atoms with Crippen molar-refractivity contribution < 1.29 is 9.47 Å². The van der Waals surface area contributed by atoms with E-state index >= 15 is 0 Å². The van der Waals surface area contributed by atoms with Crippen LogP contribution in [0.5, 0.6) is 11.5 Å². The summed E-state index contributed by atoms with van der Waals surface area (Å²) in [5.74, 6) is 2.42. The largest absolute Gasteiger partial charge is 0.486 e. The molecule has 1 atom stereocenters. The topological polar surface area (TPSA) is 30.5 Å². The Morgan fingerprint density at radius 3 is 2.58 bits per heavy atom. The lowest BCUT2D eigenvalue weighted by Crippen LogP contribution is -2.24. The first-order chi connectivity index (χ1) is 9.20. The van der Waals surface area contributed by atoms with Gasteiger partial charge in [-0.25, -0.2) is 0 Å². The third-order valence-electron chi connectivity index (χ3n) is 3.32. The Morgan fingerprint density at radius 1 is 1.16 bits per heavy atom. The van der Waals surface area contributed by atoms with Gasteiger partial charge in [0.2, 0.25) is 0 Å². The molecule has 0 saturated heterocycles. The Kier molecular flexibility index (Phi) is 5.08. The van der Waals surface area contributed by atoms with Crippen LogP contribution in [-0.2, 0) is 0 Å². The Labute approximate surface area is 116 Å². The van der Waals surface area contributed by atoms with Gasteiger partial charge in [0.25, 0.3) is 0 Å². The lowest BCUT2D eigenvalue weighted by Gasteiger charge is -2.24. The molecule has 3 heteroatoms. The van der Waals surface area contributed by atoms with Crippen LogP contribution in [0.1, 0.15) is 45.2 Å². The first-order valence-corrected chi connectivity index (χ1v) is 7.33. The van der Waals surface area contributed by atoms with Gasteiger partial charge >= 0.3 is 0 Å². The molecule has 1 heterocycles. The van der Waals surface area contributed by atoms with Crippen LogP contribution in [0, 0.1) is 5.92 Å². The minimum absolute atomic E-state index is 0.399. The van der Waals surface area contributed by atoms with Gasteiger partial charge in [-0.05, 0) is 43.0 Å². The molecular weight excluding hydrogens is 238 g/mol. The third kappa shape index (κ3) is 3.87. The molecule has 0 fully saturated rings. The first kappa shape index (κ1) is 14.2. The summed E-state index contributed by atoms with van der Waals surface area (Å²) in [5, 5.41) is 3.63. The van der Waals surface area contributed by atoms with E-state index < -0.39 is 0 Å². The Bertz CT molecular complexity index is 404. The van der Waals surface area contributed by atoms with Crippen LogP contribution in [0.3, 0.4) is 0 Å². The first-order valence-electron chi connectivity index (χ1n) is 7.33. The van der Waals surface area contributed by atoms with E-state index in [-0.39, 0.29) is 0 Å². The van der Waals surface area contributed by atoms with Crippen LogP contribution < -0.4 is 14.8 Å². The van der Waals surface area contributed by atoms with E-state index in [9.17, 15) is 0 Å². The van der Waals surface area contributed by atoms with Crippen molar-refractivity contribution in [3.05, 3.63) is 23.8 Å². The molecule has 1 aromatic carbocycles. The van der Waals surface area contributed by atoms with Gasteiger partial charge < -0.3 is 14.8 Å². The van der Waals surface area contributed by atoms with Crippen molar-refractivity contribution in [3.63, 3.8) is 0 Å². The summed E-state index contributed by atoms with van der Waals surface area (Å²) < 4.78 is 11.2. The molecule has 1 aromatic rings. The van der Waals surface area contributed by atoms with Crippen molar-refractivity contribution >= 4 is 0 Å². The summed E-state index contributed by atoms with van der Waals surface area (Å²) in [6.45, 7) is 9.07. The molecule has 0 bridgehead atoms. The number of benzene rings is 1. The predicted molar refractivity (Wildman–Crippen MR) is 77.9 cm³/mol. The summed E-state index contributed by atoms with van der Waals surface area (Å²) in [6.07, 6.45) is 2.29. The molecule has 0 radical (unpaired) electrons. The normalized spacial score (nSPS) is 15.6. The predicted octanol–water partition coefficient (Wildman–Crippen LogP) is 3.54. The van der Waals surface area contributed by atoms with E-state index in [1.54, 1.807) is 0 Å². The van der Waals surface area contributed by atoms with Gasteiger partial charge in [-0.3, -0.25) is 0 Å². The van der Waals surface area contributed by atoms with E-state index in [4.69, 9.17) is 9.47 Å². The van der Waals surface area contributed by atoms with Crippen LogP contribution >= 0.6 is 0 Å². The molecular formula is C16H25NO2. The summed E-state index contributed by atoms with van der Waals surface area (Å²) in [4.78, 5) is 0. The van der Waals surface area contributed by atoms with Crippen molar-refractivity contribution in [2.75, 3.05) is 19.8 Å². The van der Waals surface area contributed by atoms with Crippen molar-refractivity contribution in [2.45, 2.75) is 39.7 Å². The molecule has 2 rings (SSSR count). The number of hydrogen-bond donors (Lipinski definition) is 1. The van der Waals surface area contributed by atoms with Crippen LogP contribution in [0.2, 0.25) is 0 Å². The molecule has 106 valence electrons. The van der Waals surface area contributed by atoms with E-state index in [1.807, 2.05) is 6.07 Å². The minimum Gasteiger partial charge on any atom is -0.486 e. The van der Waals surface area contributed by atoms with Gasteiger partial charge in [-0.1, -0.05) is 26.8 Å². The average Bonchev–Trinajstić information content (AvgIpc) is 2.42. The molecule has 1 aliphatic heterocycles. The second kappa shape index (κ2) is 6.80. The lowest BCUT2D eigenvalue weighted by molar-refractivity contribution is 0.171. The number of hydrogen-bond acceptors (Lipinski definition) is 3. The third-order valence-corrected chi connectivity index (χ3v) is 3.32. The molecule has 0 aliphatic carbocycles. The molecule has 1 N–H and O–H groups in total. The number of fused-ring (bicyclic) bond motifs is 1. The molecule has 0 amide bonds. The van der Waals surface area contributed by atoms with Gasteiger partial charge in [0, 0.05) is 6.04 Å². The number of nitrogens with one attached hydrogen (secondary N) is 1. The van der Waals surface area contributed by atoms with Crippen LogP contribution in [0.4, 0.5) is 0 Å². The highest BCUT2D eigenvalue weighted by molar-refractivity contribution is 5.44. The molecule has 0 aromatic heterocycles. The van der Waals surface area contributed by atoms with E-state index in [1.165, 1.54) is 5.56 Å². The van der Waals surface area contributed by atoms with E-state index in [0.29, 0.717) is 25.2 Å². The van der Waals surface area contributed by atoms with Crippen LogP contribution in [0.25, 0.3) is 0 Å². The molecule has 0 spiro atoms. The summed E-state index contributed by atoms with van der Waals surface area (Å²) in [6, 6.07) is 6.72. The molecule has 1 unspecified atom stereocenters. The fourth-order valence-corrected chi connectivity index (χ4v) is 2.40. The van der Waals surface area contributed by atoms with Gasteiger partial charge in [-0.15, -0.1) is 0 Å². The van der Waals surface area contributed by atoms with E-state index in [2.05, 4.69) is 38.2 Å². The van der Waals surface area contributed by atoms with Crippen molar-refractivity contribution in [1.29, 1.82) is 0 Å². The Morgan fingerprint density at radius 2 is 1.89 bits per heavy atom. The van der Waals surface area contributed by atoms with Gasteiger partial charge in [0.05, 0.1) is 0 Å². The van der Waals surface area contributed by atoms with Crippen molar-refractivity contribution in [1.82, 2.24) is 5.32 Å². The minimum atomic E-state index is 0.399. The summed E-state index contributed by atoms with van der Waals surface area (Å²) in [7, 11) is 0. The van der Waals surface area contributed by atoms with Crippen molar-refractivity contribution in [2.24, 2.45) is 5.92 Å². The zero-order valence-electron chi connectivity index (χ0n) is 12.2. The number of rotatable bonds is 6. The number of ether oxygens (including phenoxy) is 2. The second-order valence-electron chi connectivity index (χ2n) is 5.54. The van der Waals surface area contributed by atoms with E-state index in [0.717, 1.165) is 30.9 Å². The van der Waals surface area contributed by atoms with Crippen molar-refractivity contribution in [3.8, 4) is 11.5 Å². The SMILES string of the molecule is CCCNC(CC(C)C)c1ccc2c(c1)OCCO2. The molecule has 3 nitrogen and oxygen atoms in total. The van der Waals surface area contributed by atoms with Crippen LogP contribution in [0.15, 0.2) is 18.2 Å². The highest BCUT2D eigenvalue weighted by atomic mass is 16.6. The molecule has 1 aliphatic rings. The van der Waals surface area contributed by atoms with Gasteiger partial charge in [0.1, 0.15) is 13.2 Å². The highest BCUT2D eigenvalue weighted by Crippen LogP contribution is 2.34. The standard InChI is InChI=1S/C16H25NO2/c1-4-7-17-14(10-12(2)3)13-5-6-15-16(11-13)19-9-8-18-15/h5-6,11-12,14,17H,4,7-10H2,1-3H3. The van der Waals surface area contributed by atoms with Gasteiger partial charge in [-0.2, -0.15) is 0 Å². The second-order valence-corrected chi connectivity index (χ2v) is 5.54. The molecule has 0 saturated carbocycles. The zero-order chi connectivity index (χ0) is 13.7. The smallest absolute Gasteiger partial charge is 0.161 e. The summed E-state index contributed by atoms with van der Waals surface area (Å²) in [5.41, 5.74) is 1.30. The Hall–Kier alpha value is -1.22. The monoisotopic (exact) mass is 263 g/mol. The maximum Gasteiger partial charge on any atom is 0.161 e.